The molecule has 0 unspecified atom stereocenters. The second-order valence-electron chi connectivity index (χ2n) is 8.89. The third-order valence-electron chi connectivity index (χ3n) is 6.22. The van der Waals surface area contributed by atoms with E-state index in [4.69, 9.17) is 9.47 Å². The van der Waals surface area contributed by atoms with Gasteiger partial charge in [-0.05, 0) is 61.7 Å². The first-order valence-electron chi connectivity index (χ1n) is 12.1. The molecule has 0 saturated carbocycles. The van der Waals surface area contributed by atoms with E-state index in [0.29, 0.717) is 6.61 Å². The van der Waals surface area contributed by atoms with Crippen LogP contribution in [-0.2, 0) is 17.8 Å². The van der Waals surface area contributed by atoms with Crippen LogP contribution in [0.2, 0.25) is 0 Å². The van der Waals surface area contributed by atoms with E-state index in [2.05, 4.69) is 53.1 Å². The maximum Gasteiger partial charge on any atom is 0.127 e. The fourth-order valence-corrected chi connectivity index (χ4v) is 4.21. The van der Waals surface area contributed by atoms with E-state index in [1.165, 1.54) is 30.5 Å². The summed E-state index contributed by atoms with van der Waals surface area (Å²) in [5.74, 6) is 1.70. The van der Waals surface area contributed by atoms with E-state index in [1.54, 1.807) is 0 Å². The van der Waals surface area contributed by atoms with Crippen LogP contribution in [0.15, 0.2) is 78.9 Å². The molecule has 0 N–H and O–H groups in total. The number of nitrogens with zero attached hydrogens (tertiary/aromatic N) is 2. The number of aryl methyl sites for hydroxylation is 2. The topological polar surface area (TPSA) is 24.9 Å². The molecule has 33 heavy (non-hydrogen) atoms. The Hall–Kier alpha value is -2.66. The van der Waals surface area contributed by atoms with E-state index in [1.807, 2.05) is 42.5 Å². The summed E-state index contributed by atoms with van der Waals surface area (Å²) in [6, 6.07) is 27.0. The molecule has 4 heteroatoms. The van der Waals surface area contributed by atoms with Gasteiger partial charge in [-0.2, -0.15) is 0 Å². The average molecular weight is 445 g/mol. The molecule has 0 bridgehead atoms. The van der Waals surface area contributed by atoms with Crippen molar-refractivity contribution in [3.63, 3.8) is 0 Å². The highest BCUT2D eigenvalue weighted by Crippen LogP contribution is 2.22. The summed E-state index contributed by atoms with van der Waals surface area (Å²) in [5.41, 5.74) is 3.93. The molecule has 0 spiro atoms. The van der Waals surface area contributed by atoms with Gasteiger partial charge >= 0.3 is 0 Å². The number of rotatable bonds is 11. The molecule has 4 nitrogen and oxygen atoms in total. The largest absolute Gasteiger partial charge is 0.457 e. The van der Waals surface area contributed by atoms with Crippen molar-refractivity contribution < 1.29 is 9.47 Å². The Kier molecular flexibility index (Phi) is 8.93. The van der Waals surface area contributed by atoms with Crippen molar-refractivity contribution in [3.8, 4) is 11.5 Å². The minimum atomic E-state index is 0.616. The Balaban J connectivity index is 1.09. The summed E-state index contributed by atoms with van der Waals surface area (Å²) in [4.78, 5) is 5.12. The van der Waals surface area contributed by atoms with Crippen molar-refractivity contribution in [2.24, 2.45) is 0 Å². The van der Waals surface area contributed by atoms with Crippen molar-refractivity contribution >= 4 is 0 Å². The number of piperazine rings is 1. The molecule has 1 aliphatic rings. The van der Waals surface area contributed by atoms with E-state index in [9.17, 15) is 0 Å². The minimum absolute atomic E-state index is 0.616. The zero-order chi connectivity index (χ0) is 22.7. The number of benzene rings is 3. The second-order valence-corrected chi connectivity index (χ2v) is 8.89. The minimum Gasteiger partial charge on any atom is -0.457 e. The van der Waals surface area contributed by atoms with Gasteiger partial charge in [0.25, 0.3) is 0 Å². The molecule has 1 heterocycles. The molecular weight excluding hydrogens is 408 g/mol. The Morgan fingerprint density at radius 3 is 2.15 bits per heavy atom. The summed E-state index contributed by atoms with van der Waals surface area (Å²) >= 11 is 0. The maximum absolute atomic E-state index is 5.97. The highest BCUT2D eigenvalue weighted by molar-refractivity contribution is 5.33. The van der Waals surface area contributed by atoms with Gasteiger partial charge in [0, 0.05) is 32.7 Å². The lowest BCUT2D eigenvalue weighted by Crippen LogP contribution is -2.47. The zero-order valence-electron chi connectivity index (χ0n) is 19.8. The molecule has 1 saturated heterocycles. The van der Waals surface area contributed by atoms with Crippen LogP contribution < -0.4 is 4.74 Å². The summed E-state index contributed by atoms with van der Waals surface area (Å²) in [6.07, 6.45) is 2.41. The van der Waals surface area contributed by atoms with Crippen LogP contribution in [0, 0.1) is 6.92 Å². The zero-order valence-corrected chi connectivity index (χ0v) is 19.8. The van der Waals surface area contributed by atoms with E-state index in [-0.39, 0.29) is 0 Å². The molecule has 3 aromatic carbocycles. The fraction of sp³-hybridized carbons (Fsp3) is 0.379. The van der Waals surface area contributed by atoms with Crippen LogP contribution >= 0.6 is 0 Å². The molecule has 1 aliphatic heterocycles. The summed E-state index contributed by atoms with van der Waals surface area (Å²) in [6.45, 7) is 10.3. The predicted octanol–water partition coefficient (Wildman–Crippen LogP) is 5.55. The Labute approximate surface area is 198 Å². The third-order valence-corrected chi connectivity index (χ3v) is 6.22. The Bertz CT molecular complexity index is 951. The monoisotopic (exact) mass is 444 g/mol. The predicted molar refractivity (Wildman–Crippen MR) is 135 cm³/mol. The van der Waals surface area contributed by atoms with Crippen LogP contribution in [0.3, 0.4) is 0 Å². The van der Waals surface area contributed by atoms with Crippen molar-refractivity contribution in [1.29, 1.82) is 0 Å². The van der Waals surface area contributed by atoms with E-state index < -0.39 is 0 Å². The highest BCUT2D eigenvalue weighted by atomic mass is 16.5. The van der Waals surface area contributed by atoms with Gasteiger partial charge in [-0.15, -0.1) is 0 Å². The van der Waals surface area contributed by atoms with Crippen molar-refractivity contribution in [2.45, 2.75) is 26.4 Å². The Morgan fingerprint density at radius 1 is 0.697 bits per heavy atom. The molecule has 0 atom stereocenters. The molecule has 0 amide bonds. The number of hydrogen-bond donors (Lipinski definition) is 0. The van der Waals surface area contributed by atoms with Gasteiger partial charge in [0.2, 0.25) is 0 Å². The molecule has 174 valence electrons. The first kappa shape index (κ1) is 23.5. The standard InChI is InChI=1S/C29H36N2O2/c1-25-12-14-26(15-13-25)8-6-16-30-17-19-31(20-18-30)21-22-32-24-27-7-5-11-29(23-27)33-28-9-3-2-4-10-28/h2-5,7,9-15,23H,6,8,16-22,24H2,1H3. The van der Waals surface area contributed by atoms with Gasteiger partial charge in [-0.1, -0.05) is 60.2 Å². The van der Waals surface area contributed by atoms with Crippen molar-refractivity contribution in [2.75, 3.05) is 45.9 Å². The van der Waals surface area contributed by atoms with Crippen LogP contribution in [0.1, 0.15) is 23.1 Å². The maximum atomic E-state index is 5.97. The lowest BCUT2D eigenvalue weighted by atomic mass is 10.1. The van der Waals surface area contributed by atoms with Gasteiger partial charge in [-0.3, -0.25) is 4.90 Å². The third kappa shape index (κ3) is 8.01. The molecular formula is C29H36N2O2. The van der Waals surface area contributed by atoms with Crippen LogP contribution in [-0.4, -0.2) is 55.7 Å². The normalized spacial score (nSPS) is 14.9. The summed E-state index contributed by atoms with van der Waals surface area (Å²) in [7, 11) is 0. The fourth-order valence-electron chi connectivity index (χ4n) is 4.21. The second kappa shape index (κ2) is 12.5. The van der Waals surface area contributed by atoms with Crippen molar-refractivity contribution in [3.05, 3.63) is 95.6 Å². The lowest BCUT2D eigenvalue weighted by molar-refractivity contribution is 0.0682. The van der Waals surface area contributed by atoms with Crippen molar-refractivity contribution in [1.82, 2.24) is 9.80 Å². The molecule has 0 radical (unpaired) electrons. The summed E-state index contributed by atoms with van der Waals surface area (Å²) in [5, 5.41) is 0. The van der Waals surface area contributed by atoms with Gasteiger partial charge in [0.1, 0.15) is 11.5 Å². The smallest absolute Gasteiger partial charge is 0.127 e. The molecule has 4 rings (SSSR count). The van der Waals surface area contributed by atoms with E-state index in [0.717, 1.165) is 56.4 Å². The van der Waals surface area contributed by atoms with Gasteiger partial charge in [-0.25, -0.2) is 0 Å². The summed E-state index contributed by atoms with van der Waals surface area (Å²) < 4.78 is 11.9. The number of ether oxygens (including phenoxy) is 2. The van der Waals surface area contributed by atoms with E-state index >= 15 is 0 Å². The molecule has 0 aromatic heterocycles. The first-order valence-corrected chi connectivity index (χ1v) is 12.1. The van der Waals surface area contributed by atoms with Crippen LogP contribution in [0.25, 0.3) is 0 Å². The Morgan fingerprint density at radius 2 is 1.39 bits per heavy atom. The number of para-hydroxylation sites is 1. The van der Waals surface area contributed by atoms with Gasteiger partial charge in [0.05, 0.1) is 13.2 Å². The first-order chi connectivity index (χ1) is 16.2. The SMILES string of the molecule is Cc1ccc(CCCN2CCN(CCOCc3cccc(Oc4ccccc4)c3)CC2)cc1. The quantitative estimate of drug-likeness (QED) is 0.362. The van der Waals surface area contributed by atoms with Gasteiger partial charge < -0.3 is 14.4 Å². The number of hydrogen-bond acceptors (Lipinski definition) is 4. The van der Waals surface area contributed by atoms with Crippen LogP contribution in [0.4, 0.5) is 0 Å². The van der Waals surface area contributed by atoms with Crippen LogP contribution in [0.5, 0.6) is 11.5 Å². The lowest BCUT2D eigenvalue weighted by Gasteiger charge is -2.34. The molecule has 3 aromatic rings. The van der Waals surface area contributed by atoms with Gasteiger partial charge in [0.15, 0.2) is 0 Å². The molecule has 1 fully saturated rings. The average Bonchev–Trinajstić information content (AvgIpc) is 2.85. The highest BCUT2D eigenvalue weighted by Gasteiger charge is 2.16. The molecule has 0 aliphatic carbocycles.